The van der Waals surface area contributed by atoms with Gasteiger partial charge in [-0.2, -0.15) is 0 Å². The van der Waals surface area contributed by atoms with Crippen LogP contribution in [0, 0.1) is 12.8 Å². The summed E-state index contributed by atoms with van der Waals surface area (Å²) in [7, 11) is 0. The van der Waals surface area contributed by atoms with Gasteiger partial charge < -0.3 is 10.7 Å². The first-order chi connectivity index (χ1) is 9.13. The molecule has 1 fully saturated rings. The lowest BCUT2D eigenvalue weighted by atomic mass is 9.87. The fourth-order valence-electron chi connectivity index (χ4n) is 2.76. The van der Waals surface area contributed by atoms with Crippen molar-refractivity contribution in [2.75, 3.05) is 10.7 Å². The van der Waals surface area contributed by atoms with Gasteiger partial charge in [0.25, 0.3) is 0 Å². The molecule has 1 aliphatic carbocycles. The second-order valence-corrected chi connectivity index (χ2v) is 5.57. The molecule has 0 bridgehead atoms. The Hall–Kier alpha value is -1.36. The van der Waals surface area contributed by atoms with Crippen LogP contribution in [0.1, 0.15) is 50.9 Å². The average molecular weight is 263 g/mol. The summed E-state index contributed by atoms with van der Waals surface area (Å²) < 4.78 is 0. The van der Waals surface area contributed by atoms with Crippen molar-refractivity contribution in [1.82, 2.24) is 9.97 Å². The lowest BCUT2D eigenvalue weighted by molar-refractivity contribution is 0.358. The Balaban J connectivity index is 2.18. The van der Waals surface area contributed by atoms with Gasteiger partial charge in [0.1, 0.15) is 17.5 Å². The maximum Gasteiger partial charge on any atom is 0.148 e. The van der Waals surface area contributed by atoms with E-state index in [4.69, 9.17) is 5.84 Å². The number of rotatable bonds is 4. The van der Waals surface area contributed by atoms with Gasteiger partial charge in [-0.3, -0.25) is 0 Å². The molecule has 0 aliphatic heterocycles. The van der Waals surface area contributed by atoms with Crippen LogP contribution in [-0.2, 0) is 6.42 Å². The van der Waals surface area contributed by atoms with E-state index >= 15 is 0 Å². The molecule has 2 rings (SSSR count). The van der Waals surface area contributed by atoms with Gasteiger partial charge >= 0.3 is 0 Å². The molecule has 1 aromatic rings. The van der Waals surface area contributed by atoms with Gasteiger partial charge in [0, 0.05) is 18.0 Å². The molecule has 5 nitrogen and oxygen atoms in total. The highest BCUT2D eigenvalue weighted by molar-refractivity contribution is 5.57. The molecule has 5 heteroatoms. The number of aromatic nitrogens is 2. The first kappa shape index (κ1) is 14.1. The number of hydrazine groups is 1. The topological polar surface area (TPSA) is 75.9 Å². The fraction of sp³-hybridized carbons (Fsp3) is 0.714. The molecular formula is C14H25N5. The lowest BCUT2D eigenvalue weighted by Gasteiger charge is -2.28. The van der Waals surface area contributed by atoms with E-state index in [-0.39, 0.29) is 0 Å². The zero-order valence-electron chi connectivity index (χ0n) is 12.2. The van der Waals surface area contributed by atoms with Crippen LogP contribution in [0.3, 0.4) is 0 Å². The van der Waals surface area contributed by atoms with Gasteiger partial charge in [0.15, 0.2) is 0 Å². The SMILES string of the molecule is CCc1nc(NN)c(C)c(NC2CCCC(C)C2)n1. The zero-order chi connectivity index (χ0) is 13.8. The lowest BCUT2D eigenvalue weighted by Crippen LogP contribution is -2.27. The largest absolute Gasteiger partial charge is 0.367 e. The number of aryl methyl sites for hydroxylation is 1. The molecule has 0 saturated heterocycles. The molecule has 0 aromatic carbocycles. The van der Waals surface area contributed by atoms with Gasteiger partial charge in [-0.25, -0.2) is 15.8 Å². The van der Waals surface area contributed by atoms with Crippen molar-refractivity contribution in [3.63, 3.8) is 0 Å². The van der Waals surface area contributed by atoms with E-state index in [1.807, 2.05) is 6.92 Å². The summed E-state index contributed by atoms with van der Waals surface area (Å²) in [5.74, 6) is 8.80. The summed E-state index contributed by atoms with van der Waals surface area (Å²) in [6, 6.07) is 0.521. The first-order valence-electron chi connectivity index (χ1n) is 7.24. The summed E-state index contributed by atoms with van der Waals surface area (Å²) in [6.45, 7) is 6.38. The third-order valence-electron chi connectivity index (χ3n) is 3.92. The zero-order valence-corrected chi connectivity index (χ0v) is 12.2. The molecule has 2 unspecified atom stereocenters. The van der Waals surface area contributed by atoms with Crippen molar-refractivity contribution < 1.29 is 0 Å². The maximum absolute atomic E-state index is 5.53. The van der Waals surface area contributed by atoms with E-state index < -0.39 is 0 Å². The Morgan fingerprint density at radius 2 is 2.00 bits per heavy atom. The highest BCUT2D eigenvalue weighted by Crippen LogP contribution is 2.28. The number of hydrogen-bond donors (Lipinski definition) is 3. The monoisotopic (exact) mass is 263 g/mol. The van der Waals surface area contributed by atoms with Crippen LogP contribution in [0.25, 0.3) is 0 Å². The van der Waals surface area contributed by atoms with Gasteiger partial charge in [0.05, 0.1) is 0 Å². The Bertz CT molecular complexity index is 432. The molecule has 19 heavy (non-hydrogen) atoms. The third kappa shape index (κ3) is 3.35. The highest BCUT2D eigenvalue weighted by atomic mass is 15.3. The van der Waals surface area contributed by atoms with E-state index in [2.05, 4.69) is 34.6 Å². The summed E-state index contributed by atoms with van der Waals surface area (Å²) in [6.07, 6.45) is 5.89. The Kier molecular flexibility index (Phi) is 4.58. The highest BCUT2D eigenvalue weighted by Gasteiger charge is 2.20. The molecule has 2 atom stereocenters. The van der Waals surface area contributed by atoms with Crippen LogP contribution in [-0.4, -0.2) is 16.0 Å². The van der Waals surface area contributed by atoms with Crippen LogP contribution in [0.5, 0.6) is 0 Å². The molecule has 0 radical (unpaired) electrons. The van der Waals surface area contributed by atoms with Gasteiger partial charge in [0.2, 0.25) is 0 Å². The standard InChI is InChI=1S/C14H25N5/c1-4-12-17-13(10(3)14(18-12)19-15)16-11-7-5-6-9(2)8-11/h9,11H,4-8,15H2,1-3H3,(H2,16,17,18,19). The van der Waals surface area contributed by atoms with Crippen LogP contribution >= 0.6 is 0 Å². The van der Waals surface area contributed by atoms with Crippen LogP contribution < -0.4 is 16.6 Å². The molecule has 1 heterocycles. The Morgan fingerprint density at radius 1 is 1.26 bits per heavy atom. The Labute approximate surface area is 115 Å². The van der Waals surface area contributed by atoms with Crippen molar-refractivity contribution in [3.8, 4) is 0 Å². The number of nitrogens with two attached hydrogens (primary N) is 1. The Morgan fingerprint density at radius 3 is 2.63 bits per heavy atom. The van der Waals surface area contributed by atoms with Crippen LogP contribution in [0.15, 0.2) is 0 Å². The number of nitrogens with zero attached hydrogens (tertiary/aromatic N) is 2. The van der Waals surface area contributed by atoms with E-state index in [9.17, 15) is 0 Å². The minimum absolute atomic E-state index is 0.521. The van der Waals surface area contributed by atoms with Crippen molar-refractivity contribution >= 4 is 11.6 Å². The summed E-state index contributed by atoms with van der Waals surface area (Å²) in [4.78, 5) is 8.99. The minimum Gasteiger partial charge on any atom is -0.367 e. The molecule has 1 saturated carbocycles. The van der Waals surface area contributed by atoms with Crippen LogP contribution in [0.2, 0.25) is 0 Å². The van der Waals surface area contributed by atoms with E-state index in [1.165, 1.54) is 25.7 Å². The third-order valence-corrected chi connectivity index (χ3v) is 3.92. The van der Waals surface area contributed by atoms with Crippen molar-refractivity contribution in [3.05, 3.63) is 11.4 Å². The first-order valence-corrected chi connectivity index (χ1v) is 7.24. The molecular weight excluding hydrogens is 238 g/mol. The number of nitrogens with one attached hydrogen (secondary N) is 2. The summed E-state index contributed by atoms with van der Waals surface area (Å²) in [5.41, 5.74) is 3.66. The molecule has 4 N–H and O–H groups in total. The van der Waals surface area contributed by atoms with E-state index in [0.717, 1.165) is 35.4 Å². The minimum atomic E-state index is 0.521. The van der Waals surface area contributed by atoms with Crippen molar-refractivity contribution in [1.29, 1.82) is 0 Å². The molecule has 1 aromatic heterocycles. The fourth-order valence-corrected chi connectivity index (χ4v) is 2.76. The molecule has 0 spiro atoms. The maximum atomic E-state index is 5.53. The van der Waals surface area contributed by atoms with Crippen molar-refractivity contribution in [2.24, 2.45) is 11.8 Å². The average Bonchev–Trinajstić information content (AvgIpc) is 2.41. The number of nitrogen functional groups attached to an aromatic ring is 1. The van der Waals surface area contributed by atoms with E-state index in [0.29, 0.717) is 6.04 Å². The van der Waals surface area contributed by atoms with Crippen LogP contribution in [0.4, 0.5) is 11.6 Å². The smallest absolute Gasteiger partial charge is 0.148 e. The molecule has 106 valence electrons. The van der Waals surface area contributed by atoms with Crippen molar-refractivity contribution in [2.45, 2.75) is 58.9 Å². The quantitative estimate of drug-likeness (QED) is 0.575. The molecule has 1 aliphatic rings. The normalized spacial score (nSPS) is 23.2. The summed E-state index contributed by atoms with van der Waals surface area (Å²) >= 11 is 0. The number of anilines is 2. The second kappa shape index (κ2) is 6.19. The number of hydrogen-bond acceptors (Lipinski definition) is 5. The predicted octanol–water partition coefficient (Wildman–Crippen LogP) is 2.62. The molecule has 0 amide bonds. The van der Waals surface area contributed by atoms with Gasteiger partial charge in [-0.05, 0) is 25.7 Å². The second-order valence-electron chi connectivity index (χ2n) is 5.57. The van der Waals surface area contributed by atoms with E-state index in [1.54, 1.807) is 0 Å². The predicted molar refractivity (Wildman–Crippen MR) is 79.0 cm³/mol. The van der Waals surface area contributed by atoms with Gasteiger partial charge in [-0.15, -0.1) is 0 Å². The summed E-state index contributed by atoms with van der Waals surface area (Å²) in [5, 5.41) is 3.58. The van der Waals surface area contributed by atoms with Gasteiger partial charge in [-0.1, -0.05) is 26.7 Å².